The number of Topliss-reactive ketones (excluding diaryl/α,β-unsaturated/α-hetero) is 1. The molecule has 0 radical (unpaired) electrons. The number of aliphatic hydroxyl groups excluding tert-OH is 1. The van der Waals surface area contributed by atoms with E-state index in [1.165, 1.54) is 26.2 Å². The van der Waals surface area contributed by atoms with E-state index in [9.17, 15) is 19.5 Å². The Morgan fingerprint density at radius 3 is 2.31 bits per heavy atom. The molecule has 4 rings (SSSR count). The Morgan fingerprint density at radius 2 is 1.72 bits per heavy atom. The van der Waals surface area contributed by atoms with Crippen molar-refractivity contribution in [1.29, 1.82) is 0 Å². The number of methoxy groups -OCH3 is 3. The van der Waals surface area contributed by atoms with Gasteiger partial charge in [0.25, 0.3) is 5.78 Å². The van der Waals surface area contributed by atoms with Gasteiger partial charge >= 0.3 is 11.9 Å². The number of carbonyl (C=O) groups excluding carboxylic acids is 3. The molecule has 1 fully saturated rings. The van der Waals surface area contributed by atoms with Gasteiger partial charge in [0, 0.05) is 5.56 Å². The molecule has 10 heteroatoms. The van der Waals surface area contributed by atoms with Crippen LogP contribution in [0, 0.1) is 13.8 Å². The summed E-state index contributed by atoms with van der Waals surface area (Å²) in [6, 6.07) is 10.8. The van der Waals surface area contributed by atoms with E-state index in [4.69, 9.17) is 14.2 Å². The van der Waals surface area contributed by atoms with Gasteiger partial charge in [-0.15, -0.1) is 0 Å². The van der Waals surface area contributed by atoms with Gasteiger partial charge in [0.15, 0.2) is 5.13 Å². The maximum absolute atomic E-state index is 13.3. The summed E-state index contributed by atoms with van der Waals surface area (Å²) in [5.74, 6) is -1.46. The number of amides is 1. The molecule has 1 aromatic heterocycles. The van der Waals surface area contributed by atoms with Gasteiger partial charge in [0.1, 0.15) is 22.1 Å². The first-order valence-electron chi connectivity index (χ1n) is 10.9. The SMILES string of the molecule is COC(=O)c1sc(N2C(=O)C(=O)/C(=C(/O)c3ccc(OC)c(C)c3)[C@@H]2c2ccc(OC)cc2)nc1C. The maximum Gasteiger partial charge on any atom is 0.350 e. The minimum Gasteiger partial charge on any atom is -0.507 e. The number of aryl methyl sites for hydroxylation is 2. The number of nitrogens with zero attached hydrogens (tertiary/aromatic N) is 2. The van der Waals surface area contributed by atoms with Crippen LogP contribution < -0.4 is 14.4 Å². The number of hydrogen-bond acceptors (Lipinski definition) is 9. The predicted molar refractivity (Wildman–Crippen MR) is 134 cm³/mol. The molecule has 1 saturated heterocycles. The largest absolute Gasteiger partial charge is 0.507 e. The summed E-state index contributed by atoms with van der Waals surface area (Å²) in [6.07, 6.45) is 0. The second-order valence-electron chi connectivity index (χ2n) is 8.03. The Labute approximate surface area is 211 Å². The fourth-order valence-corrected chi connectivity index (χ4v) is 5.09. The van der Waals surface area contributed by atoms with Gasteiger partial charge in [-0.2, -0.15) is 0 Å². The molecule has 2 aromatic carbocycles. The van der Waals surface area contributed by atoms with Crippen LogP contribution in [0.5, 0.6) is 11.5 Å². The van der Waals surface area contributed by atoms with Crippen LogP contribution in [0.4, 0.5) is 5.13 Å². The van der Waals surface area contributed by atoms with Crippen molar-refractivity contribution in [3.63, 3.8) is 0 Å². The molecule has 9 nitrogen and oxygen atoms in total. The van der Waals surface area contributed by atoms with Crippen molar-refractivity contribution in [3.05, 3.63) is 75.3 Å². The lowest BCUT2D eigenvalue weighted by Gasteiger charge is -2.23. The molecule has 1 amide bonds. The van der Waals surface area contributed by atoms with E-state index in [0.29, 0.717) is 28.3 Å². The number of aromatic nitrogens is 1. The van der Waals surface area contributed by atoms with Crippen molar-refractivity contribution in [2.45, 2.75) is 19.9 Å². The van der Waals surface area contributed by atoms with Gasteiger partial charge in [-0.1, -0.05) is 23.5 Å². The van der Waals surface area contributed by atoms with Gasteiger partial charge in [-0.05, 0) is 55.3 Å². The highest BCUT2D eigenvalue weighted by atomic mass is 32.1. The molecule has 0 saturated carbocycles. The van der Waals surface area contributed by atoms with Gasteiger partial charge in [0.2, 0.25) is 0 Å². The Kier molecular flexibility index (Phi) is 6.80. The number of rotatable bonds is 6. The molecule has 0 unspecified atom stereocenters. The third kappa shape index (κ3) is 4.20. The number of carbonyl (C=O) groups is 3. The highest BCUT2D eigenvalue weighted by Gasteiger charge is 2.48. The Morgan fingerprint density at radius 1 is 1.03 bits per heavy atom. The van der Waals surface area contributed by atoms with E-state index in [2.05, 4.69) is 4.98 Å². The lowest BCUT2D eigenvalue weighted by Crippen LogP contribution is -2.29. The number of thiazole rings is 1. The molecule has 3 aromatic rings. The molecule has 1 aliphatic rings. The summed E-state index contributed by atoms with van der Waals surface area (Å²) in [5.41, 5.74) is 1.92. The van der Waals surface area contributed by atoms with E-state index in [0.717, 1.165) is 16.9 Å². The van der Waals surface area contributed by atoms with Crippen LogP contribution in [0.25, 0.3) is 5.76 Å². The topological polar surface area (TPSA) is 115 Å². The van der Waals surface area contributed by atoms with Crippen LogP contribution in [-0.4, -0.2) is 49.1 Å². The monoisotopic (exact) mass is 508 g/mol. The number of anilines is 1. The van der Waals surface area contributed by atoms with Gasteiger partial charge in [-0.25, -0.2) is 9.78 Å². The van der Waals surface area contributed by atoms with Crippen LogP contribution in [0.2, 0.25) is 0 Å². The fraction of sp³-hybridized carbons (Fsp3) is 0.231. The molecule has 0 bridgehead atoms. The van der Waals surface area contributed by atoms with E-state index < -0.39 is 23.7 Å². The van der Waals surface area contributed by atoms with Crippen molar-refractivity contribution < 1.29 is 33.7 Å². The molecule has 1 atom stereocenters. The standard InChI is InChI=1S/C26H24N2O7S/c1-13-12-16(8-11-18(13)34-4)21(29)19-20(15-6-9-17(33-3)10-7-15)28(24(31)22(19)30)26-27-14(2)23(36-26)25(32)35-5/h6-12,20,29H,1-5H3/b21-19+/t20-/m0/s1. The van der Waals surface area contributed by atoms with E-state index >= 15 is 0 Å². The minimum atomic E-state index is -0.991. The summed E-state index contributed by atoms with van der Waals surface area (Å²) in [5, 5.41) is 11.4. The van der Waals surface area contributed by atoms with Crippen LogP contribution in [-0.2, 0) is 14.3 Å². The first-order chi connectivity index (χ1) is 17.2. The number of ketones is 1. The Balaban J connectivity index is 1.93. The van der Waals surface area contributed by atoms with Gasteiger partial charge in [0.05, 0.1) is 38.6 Å². The van der Waals surface area contributed by atoms with Crippen LogP contribution in [0.1, 0.15) is 38.1 Å². The zero-order chi connectivity index (χ0) is 26.1. The highest BCUT2D eigenvalue weighted by molar-refractivity contribution is 7.17. The van der Waals surface area contributed by atoms with E-state index in [-0.39, 0.29) is 21.3 Å². The molecule has 0 spiro atoms. The third-order valence-electron chi connectivity index (χ3n) is 5.91. The zero-order valence-electron chi connectivity index (χ0n) is 20.3. The van der Waals surface area contributed by atoms with Crippen molar-refractivity contribution in [2.24, 2.45) is 0 Å². The number of hydrogen-bond donors (Lipinski definition) is 1. The van der Waals surface area contributed by atoms with Crippen molar-refractivity contribution in [1.82, 2.24) is 4.98 Å². The molecule has 186 valence electrons. The van der Waals surface area contributed by atoms with Crippen LogP contribution in [0.15, 0.2) is 48.0 Å². The van der Waals surface area contributed by atoms with Gasteiger partial charge < -0.3 is 19.3 Å². The average Bonchev–Trinajstić information content (AvgIpc) is 3.39. The molecule has 0 aliphatic carbocycles. The summed E-state index contributed by atoms with van der Waals surface area (Å²) >= 11 is 0.940. The lowest BCUT2D eigenvalue weighted by molar-refractivity contribution is -0.132. The number of benzene rings is 2. The maximum atomic E-state index is 13.3. The average molecular weight is 509 g/mol. The fourth-order valence-electron chi connectivity index (χ4n) is 4.08. The predicted octanol–water partition coefficient (Wildman–Crippen LogP) is 4.19. The minimum absolute atomic E-state index is 0.0952. The first kappa shape index (κ1) is 24.9. The molecule has 1 N–H and O–H groups in total. The second kappa shape index (κ2) is 9.82. The summed E-state index contributed by atoms with van der Waals surface area (Å²) in [4.78, 5) is 44.6. The lowest BCUT2D eigenvalue weighted by atomic mass is 9.95. The van der Waals surface area contributed by atoms with Crippen molar-refractivity contribution in [3.8, 4) is 11.5 Å². The number of aliphatic hydroxyl groups is 1. The van der Waals surface area contributed by atoms with E-state index in [1.807, 2.05) is 6.92 Å². The molecular formula is C26H24N2O7S. The quantitative estimate of drug-likeness (QED) is 0.228. The third-order valence-corrected chi connectivity index (χ3v) is 7.04. The Bertz CT molecular complexity index is 1390. The number of esters is 1. The molecular weight excluding hydrogens is 484 g/mol. The highest BCUT2D eigenvalue weighted by Crippen LogP contribution is 2.44. The van der Waals surface area contributed by atoms with E-state index in [1.54, 1.807) is 49.4 Å². The zero-order valence-corrected chi connectivity index (χ0v) is 21.1. The molecule has 36 heavy (non-hydrogen) atoms. The number of ether oxygens (including phenoxy) is 3. The second-order valence-corrected chi connectivity index (χ2v) is 9.01. The van der Waals surface area contributed by atoms with Crippen LogP contribution >= 0.6 is 11.3 Å². The molecule has 1 aliphatic heterocycles. The molecule has 2 heterocycles. The summed E-state index contributed by atoms with van der Waals surface area (Å²) in [6.45, 7) is 3.42. The van der Waals surface area contributed by atoms with Crippen LogP contribution in [0.3, 0.4) is 0 Å². The summed E-state index contributed by atoms with van der Waals surface area (Å²) in [7, 11) is 4.32. The van der Waals surface area contributed by atoms with Crippen molar-refractivity contribution >= 4 is 39.9 Å². The van der Waals surface area contributed by atoms with Crippen molar-refractivity contribution in [2.75, 3.05) is 26.2 Å². The smallest absolute Gasteiger partial charge is 0.350 e. The summed E-state index contributed by atoms with van der Waals surface area (Å²) < 4.78 is 15.3. The van der Waals surface area contributed by atoms with Gasteiger partial charge in [-0.3, -0.25) is 14.5 Å². The first-order valence-corrected chi connectivity index (χ1v) is 11.7. The normalized spacial score (nSPS) is 16.8. The Hall–Kier alpha value is -4.18.